The molecule has 4 rings (SSSR count). The second kappa shape index (κ2) is 5.97. The predicted octanol–water partition coefficient (Wildman–Crippen LogP) is 3.33. The number of carboxylic acids is 1. The van der Waals surface area contributed by atoms with E-state index in [9.17, 15) is 4.79 Å². The Hall–Kier alpha value is -2.73. The Labute approximate surface area is 145 Å². The molecule has 0 saturated heterocycles. The van der Waals surface area contributed by atoms with Crippen LogP contribution in [0, 0.1) is 6.92 Å². The highest BCUT2D eigenvalue weighted by molar-refractivity contribution is 5.88. The lowest BCUT2D eigenvalue weighted by molar-refractivity contribution is 0.0695. The molecule has 1 aliphatic rings. The molecule has 6 heteroatoms. The molecule has 0 bridgehead atoms. The fourth-order valence-corrected chi connectivity index (χ4v) is 3.59. The van der Waals surface area contributed by atoms with E-state index in [1.807, 2.05) is 12.1 Å². The average Bonchev–Trinajstić information content (AvgIpc) is 3.13. The second-order valence-electron chi connectivity index (χ2n) is 6.44. The van der Waals surface area contributed by atoms with E-state index >= 15 is 0 Å². The summed E-state index contributed by atoms with van der Waals surface area (Å²) in [6.45, 7) is 3.98. The zero-order valence-electron chi connectivity index (χ0n) is 14.3. The van der Waals surface area contributed by atoms with E-state index in [0.717, 1.165) is 30.8 Å². The Morgan fingerprint density at radius 2 is 2.24 bits per heavy atom. The van der Waals surface area contributed by atoms with Crippen molar-refractivity contribution in [3.8, 4) is 5.75 Å². The van der Waals surface area contributed by atoms with Gasteiger partial charge in [-0.2, -0.15) is 0 Å². The summed E-state index contributed by atoms with van der Waals surface area (Å²) in [6, 6.07) is 7.71. The van der Waals surface area contributed by atoms with Crippen molar-refractivity contribution >= 4 is 16.9 Å². The average molecular weight is 340 g/mol. The fraction of sp³-hybridized carbons (Fsp3) is 0.316. The van der Waals surface area contributed by atoms with Gasteiger partial charge in [0.2, 0.25) is 0 Å². The molecule has 2 N–H and O–H groups in total. The van der Waals surface area contributed by atoms with Gasteiger partial charge in [0.25, 0.3) is 0 Å². The number of carboxylic acid groups (broad SMARTS) is 1. The van der Waals surface area contributed by atoms with E-state index in [1.165, 1.54) is 16.6 Å². The first kappa shape index (κ1) is 15.8. The lowest BCUT2D eigenvalue weighted by Gasteiger charge is -2.26. The molecule has 1 aliphatic heterocycles. The van der Waals surface area contributed by atoms with Crippen LogP contribution < -0.4 is 4.74 Å². The molecule has 3 heterocycles. The van der Waals surface area contributed by atoms with Crippen molar-refractivity contribution in [2.45, 2.75) is 26.4 Å². The summed E-state index contributed by atoms with van der Waals surface area (Å²) in [4.78, 5) is 16.9. The Bertz CT molecular complexity index is 954. The lowest BCUT2D eigenvalue weighted by Crippen LogP contribution is -2.29. The molecule has 0 fully saturated rings. The van der Waals surface area contributed by atoms with E-state index in [2.05, 4.69) is 16.0 Å². The molecule has 6 nitrogen and oxygen atoms in total. The summed E-state index contributed by atoms with van der Waals surface area (Å²) in [7, 11) is 1.68. The summed E-state index contributed by atoms with van der Waals surface area (Å²) < 4.78 is 10.9. The van der Waals surface area contributed by atoms with Gasteiger partial charge in [-0.1, -0.05) is 0 Å². The largest absolute Gasteiger partial charge is 0.497 e. The van der Waals surface area contributed by atoms with E-state index in [-0.39, 0.29) is 5.56 Å². The van der Waals surface area contributed by atoms with Crippen molar-refractivity contribution in [3.05, 3.63) is 52.6 Å². The predicted molar refractivity (Wildman–Crippen MR) is 93.1 cm³/mol. The van der Waals surface area contributed by atoms with Gasteiger partial charge in [-0.25, -0.2) is 4.79 Å². The van der Waals surface area contributed by atoms with E-state index in [1.54, 1.807) is 20.1 Å². The Morgan fingerprint density at radius 1 is 1.40 bits per heavy atom. The molecule has 0 unspecified atom stereocenters. The number of methoxy groups -OCH3 is 1. The number of benzene rings is 1. The summed E-state index contributed by atoms with van der Waals surface area (Å²) in [5.74, 6) is 1.07. The summed E-state index contributed by atoms with van der Waals surface area (Å²) in [5, 5.41) is 10.4. The maximum absolute atomic E-state index is 11.2. The van der Waals surface area contributed by atoms with Crippen molar-refractivity contribution in [1.29, 1.82) is 0 Å². The minimum absolute atomic E-state index is 0.241. The molecule has 1 aromatic carbocycles. The first-order valence-electron chi connectivity index (χ1n) is 8.27. The first-order valence-corrected chi connectivity index (χ1v) is 8.27. The maximum atomic E-state index is 11.2. The van der Waals surface area contributed by atoms with Crippen LogP contribution in [0.5, 0.6) is 5.75 Å². The number of H-pyrrole nitrogens is 1. The van der Waals surface area contributed by atoms with Crippen molar-refractivity contribution in [2.24, 2.45) is 0 Å². The van der Waals surface area contributed by atoms with E-state index < -0.39 is 5.97 Å². The summed E-state index contributed by atoms with van der Waals surface area (Å²) in [5.41, 5.74) is 3.91. The van der Waals surface area contributed by atoms with Crippen LogP contribution in [0.2, 0.25) is 0 Å². The van der Waals surface area contributed by atoms with Crippen LogP contribution in [-0.4, -0.2) is 34.6 Å². The smallest absolute Gasteiger partial charge is 0.339 e. The molecule has 2 aromatic heterocycles. The zero-order valence-corrected chi connectivity index (χ0v) is 14.3. The number of fused-ring (bicyclic) bond motifs is 3. The minimum Gasteiger partial charge on any atom is -0.497 e. The van der Waals surface area contributed by atoms with Gasteiger partial charge in [0, 0.05) is 29.7 Å². The molecular weight excluding hydrogens is 320 g/mol. The van der Waals surface area contributed by atoms with Gasteiger partial charge < -0.3 is 19.2 Å². The van der Waals surface area contributed by atoms with Crippen molar-refractivity contribution in [3.63, 3.8) is 0 Å². The third-order valence-corrected chi connectivity index (χ3v) is 4.84. The van der Waals surface area contributed by atoms with Crippen LogP contribution in [0.4, 0.5) is 0 Å². The first-order chi connectivity index (χ1) is 12.0. The van der Waals surface area contributed by atoms with Gasteiger partial charge in [0.15, 0.2) is 0 Å². The number of hydrogen-bond donors (Lipinski definition) is 2. The molecule has 0 atom stereocenters. The van der Waals surface area contributed by atoms with Crippen LogP contribution in [0.15, 0.2) is 28.7 Å². The molecule has 25 heavy (non-hydrogen) atoms. The normalized spacial score (nSPS) is 14.6. The zero-order chi connectivity index (χ0) is 17.6. The Kier molecular flexibility index (Phi) is 3.77. The number of hydrogen-bond acceptors (Lipinski definition) is 4. The number of aromatic carboxylic acids is 1. The molecule has 0 spiro atoms. The number of ether oxygens (including phenoxy) is 1. The monoisotopic (exact) mass is 340 g/mol. The number of aromatic nitrogens is 1. The Morgan fingerprint density at radius 3 is 2.96 bits per heavy atom. The molecule has 0 aliphatic carbocycles. The topological polar surface area (TPSA) is 78.7 Å². The van der Waals surface area contributed by atoms with Crippen molar-refractivity contribution in [1.82, 2.24) is 9.88 Å². The highest BCUT2D eigenvalue weighted by Gasteiger charge is 2.23. The maximum Gasteiger partial charge on any atom is 0.339 e. The summed E-state index contributed by atoms with van der Waals surface area (Å²) in [6.07, 6.45) is 0.938. The van der Waals surface area contributed by atoms with Crippen LogP contribution in [-0.2, 0) is 19.5 Å². The number of aromatic amines is 1. The third kappa shape index (κ3) is 2.78. The molecule has 130 valence electrons. The quantitative estimate of drug-likeness (QED) is 0.761. The molecule has 3 aromatic rings. The minimum atomic E-state index is -0.946. The number of nitrogens with one attached hydrogen (secondary N) is 1. The van der Waals surface area contributed by atoms with Crippen LogP contribution >= 0.6 is 0 Å². The van der Waals surface area contributed by atoms with Gasteiger partial charge in [-0.3, -0.25) is 4.90 Å². The second-order valence-corrected chi connectivity index (χ2v) is 6.44. The molecule has 0 saturated carbocycles. The van der Waals surface area contributed by atoms with E-state index in [4.69, 9.17) is 14.3 Å². The highest BCUT2D eigenvalue weighted by atomic mass is 16.5. The number of aryl methyl sites for hydroxylation is 1. The van der Waals surface area contributed by atoms with Crippen molar-refractivity contribution in [2.75, 3.05) is 13.7 Å². The summed E-state index contributed by atoms with van der Waals surface area (Å²) >= 11 is 0. The lowest BCUT2D eigenvalue weighted by atomic mass is 10.0. The van der Waals surface area contributed by atoms with Gasteiger partial charge in [-0.15, -0.1) is 0 Å². The number of furan rings is 1. The number of rotatable bonds is 4. The van der Waals surface area contributed by atoms with Crippen molar-refractivity contribution < 1.29 is 19.1 Å². The number of carbonyl (C=O) groups is 1. The van der Waals surface area contributed by atoms with Crippen LogP contribution in [0.3, 0.4) is 0 Å². The van der Waals surface area contributed by atoms with Gasteiger partial charge in [0.05, 0.1) is 13.7 Å². The fourth-order valence-electron chi connectivity index (χ4n) is 3.59. The highest BCUT2D eigenvalue weighted by Crippen LogP contribution is 2.31. The molecule has 0 radical (unpaired) electrons. The molecular formula is C19H20N2O4. The van der Waals surface area contributed by atoms with Crippen LogP contribution in [0.25, 0.3) is 10.9 Å². The molecule has 0 amide bonds. The van der Waals surface area contributed by atoms with Crippen LogP contribution in [0.1, 0.15) is 33.1 Å². The standard InChI is InChI=1S/C19H20N2O4/c1-11-15(19(22)23)8-13(25-11)9-21-6-5-14-16-7-12(24-2)3-4-17(16)20-18(14)10-21/h3-4,7-8,20H,5-6,9-10H2,1-2H3,(H,22,23). The SMILES string of the molecule is COc1ccc2[nH]c3c(c2c1)CCN(Cc1cc(C(=O)O)c(C)o1)C3. The van der Waals surface area contributed by atoms with Gasteiger partial charge in [0.1, 0.15) is 22.8 Å². The third-order valence-electron chi connectivity index (χ3n) is 4.84. The Balaban J connectivity index is 1.57. The van der Waals surface area contributed by atoms with Gasteiger partial charge >= 0.3 is 5.97 Å². The van der Waals surface area contributed by atoms with Gasteiger partial charge in [-0.05, 0) is 43.2 Å². The van der Waals surface area contributed by atoms with E-state index in [0.29, 0.717) is 18.1 Å². The number of nitrogens with zero attached hydrogens (tertiary/aromatic N) is 1.